The molecule has 0 aliphatic heterocycles. The van der Waals surface area contributed by atoms with Gasteiger partial charge in [0.05, 0.1) is 17.1 Å². The van der Waals surface area contributed by atoms with Gasteiger partial charge in [-0.25, -0.2) is 4.98 Å². The maximum Gasteiger partial charge on any atom is 0.227 e. The van der Waals surface area contributed by atoms with Gasteiger partial charge < -0.3 is 9.52 Å². The predicted octanol–water partition coefficient (Wildman–Crippen LogP) is 9.17. The number of aromatic nitrogens is 1. The first-order valence-corrected chi connectivity index (χ1v) is 11.9. The van der Waals surface area contributed by atoms with Gasteiger partial charge in [-0.05, 0) is 83.6 Å². The van der Waals surface area contributed by atoms with Gasteiger partial charge in [0.15, 0.2) is 5.58 Å². The molecular formula is C30H19ClN4O2. The molecule has 0 atom stereocenters. The minimum absolute atomic E-state index is 0.0929. The number of phenols is 1. The van der Waals surface area contributed by atoms with E-state index in [-0.39, 0.29) is 5.75 Å². The Morgan fingerprint density at radius 3 is 2.35 bits per heavy atom. The van der Waals surface area contributed by atoms with Crippen molar-refractivity contribution in [1.29, 1.82) is 0 Å². The molecule has 178 valence electrons. The first-order chi connectivity index (χ1) is 18.1. The van der Waals surface area contributed by atoms with Crippen molar-refractivity contribution in [3.05, 3.63) is 114 Å². The third-order valence-electron chi connectivity index (χ3n) is 5.84. The fraction of sp³-hybridized carbons (Fsp3) is 0. The smallest absolute Gasteiger partial charge is 0.227 e. The molecule has 0 saturated heterocycles. The molecule has 7 heteroatoms. The van der Waals surface area contributed by atoms with Crippen LogP contribution in [0.3, 0.4) is 0 Å². The highest BCUT2D eigenvalue weighted by Gasteiger charge is 2.10. The molecule has 6 nitrogen and oxygen atoms in total. The van der Waals surface area contributed by atoms with Crippen LogP contribution in [-0.4, -0.2) is 16.3 Å². The molecule has 0 saturated carbocycles. The second-order valence-electron chi connectivity index (χ2n) is 8.41. The van der Waals surface area contributed by atoms with E-state index < -0.39 is 0 Å². The molecule has 37 heavy (non-hydrogen) atoms. The Bertz CT molecular complexity index is 1810. The molecule has 0 unspecified atom stereocenters. The molecular weight excluding hydrogens is 484 g/mol. The standard InChI is InChI=1S/C30H19ClN4O2/c31-23-7-9-24(10-8-23)34-35-26-11-13-28(36)22(16-26)18-32-25-12-14-29-27(17-25)33-30(37-29)21-6-5-19-3-1-2-4-20(19)15-21/h1-18,36H. The zero-order valence-corrected chi connectivity index (χ0v) is 20.2. The Kier molecular flexibility index (Phi) is 5.92. The molecule has 0 fully saturated rings. The first kappa shape index (κ1) is 22.6. The Morgan fingerprint density at radius 1 is 0.730 bits per heavy atom. The van der Waals surface area contributed by atoms with Gasteiger partial charge >= 0.3 is 0 Å². The number of rotatable bonds is 5. The molecule has 0 spiro atoms. The average Bonchev–Trinajstić information content (AvgIpc) is 3.36. The van der Waals surface area contributed by atoms with Gasteiger partial charge in [0.1, 0.15) is 11.3 Å². The maximum atomic E-state index is 10.3. The Morgan fingerprint density at radius 2 is 1.49 bits per heavy atom. The van der Waals surface area contributed by atoms with Gasteiger partial charge in [0, 0.05) is 22.4 Å². The van der Waals surface area contributed by atoms with E-state index in [0.717, 1.165) is 16.3 Å². The summed E-state index contributed by atoms with van der Waals surface area (Å²) in [7, 11) is 0. The van der Waals surface area contributed by atoms with Gasteiger partial charge in [-0.3, -0.25) is 4.99 Å². The number of halogens is 1. The van der Waals surface area contributed by atoms with E-state index in [0.29, 0.717) is 44.6 Å². The first-order valence-electron chi connectivity index (χ1n) is 11.5. The highest BCUT2D eigenvalue weighted by Crippen LogP contribution is 2.30. The summed E-state index contributed by atoms with van der Waals surface area (Å²) >= 11 is 5.91. The topological polar surface area (TPSA) is 83.3 Å². The largest absolute Gasteiger partial charge is 0.507 e. The summed E-state index contributed by atoms with van der Waals surface area (Å²) in [6.45, 7) is 0. The summed E-state index contributed by atoms with van der Waals surface area (Å²) in [5.41, 5.74) is 4.75. The van der Waals surface area contributed by atoms with Crippen molar-refractivity contribution in [2.75, 3.05) is 0 Å². The van der Waals surface area contributed by atoms with E-state index in [1.54, 1.807) is 48.7 Å². The lowest BCUT2D eigenvalue weighted by Gasteiger charge is -2.00. The van der Waals surface area contributed by atoms with E-state index in [2.05, 4.69) is 44.5 Å². The van der Waals surface area contributed by atoms with Crippen LogP contribution in [0.1, 0.15) is 5.56 Å². The van der Waals surface area contributed by atoms with Gasteiger partial charge in [-0.1, -0.05) is 41.9 Å². The van der Waals surface area contributed by atoms with Crippen molar-refractivity contribution in [3.63, 3.8) is 0 Å². The van der Waals surface area contributed by atoms with Crippen molar-refractivity contribution in [1.82, 2.24) is 4.98 Å². The van der Waals surface area contributed by atoms with Crippen LogP contribution in [0.25, 0.3) is 33.3 Å². The number of aromatic hydroxyl groups is 1. The normalized spacial score (nSPS) is 11.8. The number of nitrogens with zero attached hydrogens (tertiary/aromatic N) is 4. The molecule has 1 aromatic heterocycles. The number of fused-ring (bicyclic) bond motifs is 2. The monoisotopic (exact) mass is 502 g/mol. The lowest BCUT2D eigenvalue weighted by molar-refractivity contribution is 0.474. The van der Waals surface area contributed by atoms with Crippen molar-refractivity contribution in [2.45, 2.75) is 0 Å². The molecule has 6 rings (SSSR count). The predicted molar refractivity (Wildman–Crippen MR) is 148 cm³/mol. The molecule has 0 aliphatic rings. The number of hydrogen-bond acceptors (Lipinski definition) is 6. The highest BCUT2D eigenvalue weighted by atomic mass is 35.5. The van der Waals surface area contributed by atoms with Crippen molar-refractivity contribution in [3.8, 4) is 17.2 Å². The number of hydrogen-bond donors (Lipinski definition) is 1. The number of benzene rings is 5. The Labute approximate surface area is 217 Å². The minimum atomic E-state index is 0.0929. The second kappa shape index (κ2) is 9.68. The third kappa shape index (κ3) is 4.96. The van der Waals surface area contributed by atoms with Gasteiger partial charge in [-0.15, -0.1) is 0 Å². The van der Waals surface area contributed by atoms with Crippen LogP contribution in [0, 0.1) is 0 Å². The fourth-order valence-electron chi connectivity index (χ4n) is 3.92. The zero-order chi connectivity index (χ0) is 25.2. The summed E-state index contributed by atoms with van der Waals surface area (Å²) in [4.78, 5) is 9.20. The van der Waals surface area contributed by atoms with Crippen LogP contribution in [0.2, 0.25) is 5.02 Å². The Balaban J connectivity index is 1.25. The molecule has 0 radical (unpaired) electrons. The van der Waals surface area contributed by atoms with Crippen LogP contribution >= 0.6 is 11.6 Å². The summed E-state index contributed by atoms with van der Waals surface area (Å²) in [6.07, 6.45) is 1.59. The average molecular weight is 503 g/mol. The van der Waals surface area contributed by atoms with Crippen LogP contribution in [0.4, 0.5) is 17.1 Å². The SMILES string of the molecule is Oc1ccc(N=Nc2ccc(Cl)cc2)cc1C=Nc1ccc2oc(-c3ccc4ccccc4c3)nc2c1. The number of phenolic OH excluding ortho intramolecular Hbond substituents is 1. The minimum Gasteiger partial charge on any atom is -0.507 e. The fourth-order valence-corrected chi connectivity index (χ4v) is 4.04. The van der Waals surface area contributed by atoms with E-state index in [1.807, 2.05) is 36.4 Å². The lowest BCUT2D eigenvalue weighted by atomic mass is 10.1. The molecule has 0 amide bonds. The van der Waals surface area contributed by atoms with Gasteiger partial charge in [0.2, 0.25) is 5.89 Å². The van der Waals surface area contributed by atoms with Crippen molar-refractivity contribution < 1.29 is 9.52 Å². The van der Waals surface area contributed by atoms with E-state index in [1.165, 1.54) is 0 Å². The van der Waals surface area contributed by atoms with E-state index in [9.17, 15) is 5.11 Å². The third-order valence-corrected chi connectivity index (χ3v) is 6.09. The number of aliphatic imine (C=N–C) groups is 1. The van der Waals surface area contributed by atoms with Gasteiger partial charge in [-0.2, -0.15) is 10.2 Å². The van der Waals surface area contributed by atoms with E-state index in [4.69, 9.17) is 16.0 Å². The molecule has 1 N–H and O–H groups in total. The second-order valence-corrected chi connectivity index (χ2v) is 8.85. The van der Waals surface area contributed by atoms with Crippen LogP contribution in [-0.2, 0) is 0 Å². The molecule has 0 bridgehead atoms. The Hall–Kier alpha value is -4.81. The maximum absolute atomic E-state index is 10.3. The van der Waals surface area contributed by atoms with E-state index >= 15 is 0 Å². The van der Waals surface area contributed by atoms with Crippen molar-refractivity contribution >= 4 is 56.7 Å². The number of oxazole rings is 1. The molecule has 5 aromatic carbocycles. The number of azo groups is 1. The molecule has 1 heterocycles. The van der Waals surface area contributed by atoms with Crippen LogP contribution in [0.5, 0.6) is 5.75 Å². The van der Waals surface area contributed by atoms with Crippen molar-refractivity contribution in [2.24, 2.45) is 15.2 Å². The van der Waals surface area contributed by atoms with Crippen LogP contribution < -0.4 is 0 Å². The highest BCUT2D eigenvalue weighted by molar-refractivity contribution is 6.30. The quantitative estimate of drug-likeness (QED) is 0.188. The molecule has 6 aromatic rings. The lowest BCUT2D eigenvalue weighted by Crippen LogP contribution is -1.82. The summed E-state index contributed by atoms with van der Waals surface area (Å²) in [5, 5.41) is 21.7. The van der Waals surface area contributed by atoms with Gasteiger partial charge in [0.25, 0.3) is 0 Å². The zero-order valence-electron chi connectivity index (χ0n) is 19.4. The summed E-state index contributed by atoms with van der Waals surface area (Å²) in [5.74, 6) is 0.647. The summed E-state index contributed by atoms with van der Waals surface area (Å²) < 4.78 is 5.99. The summed E-state index contributed by atoms with van der Waals surface area (Å²) in [6, 6.07) is 31.9. The molecule has 0 aliphatic carbocycles. The van der Waals surface area contributed by atoms with Crippen LogP contribution in [0.15, 0.2) is 123 Å².